The van der Waals surface area contributed by atoms with Crippen molar-refractivity contribution in [3.05, 3.63) is 81.6 Å². The summed E-state index contributed by atoms with van der Waals surface area (Å²) < 4.78 is 7.19. The van der Waals surface area contributed by atoms with Gasteiger partial charge in [-0.1, -0.05) is 29.8 Å². The Morgan fingerprint density at radius 1 is 1.18 bits per heavy atom. The average molecular weight is 479 g/mol. The quantitative estimate of drug-likeness (QED) is 0.559. The molecule has 2 heterocycles. The number of aromatic nitrogens is 2. The van der Waals surface area contributed by atoms with Gasteiger partial charge in [-0.3, -0.25) is 14.3 Å². The first-order valence-corrected chi connectivity index (χ1v) is 12.0. The Labute approximate surface area is 203 Å². The molecule has 1 fully saturated rings. The van der Waals surface area contributed by atoms with Gasteiger partial charge in [-0.25, -0.2) is 0 Å². The zero-order valence-corrected chi connectivity index (χ0v) is 19.8. The Hall–Kier alpha value is -3.32. The maximum Gasteiger partial charge on any atom is 0.272 e. The number of hydrogen-bond acceptors (Lipinski definition) is 4. The SMILES string of the molecule is COc1ccc(CCn2nc(C(=O)NC3CC3)c3c2CCN(C(=O)c2cccc(Cl)c2)C3)cc1. The smallest absolute Gasteiger partial charge is 0.272 e. The number of methoxy groups -OCH3 is 1. The van der Waals surface area contributed by atoms with Gasteiger partial charge in [0.05, 0.1) is 13.7 Å². The molecule has 0 saturated heterocycles. The Morgan fingerprint density at radius 3 is 2.68 bits per heavy atom. The van der Waals surface area contributed by atoms with Gasteiger partial charge in [-0.05, 0) is 55.2 Å². The van der Waals surface area contributed by atoms with Crippen molar-refractivity contribution in [1.29, 1.82) is 0 Å². The number of benzene rings is 2. The highest BCUT2D eigenvalue weighted by Gasteiger charge is 2.32. The van der Waals surface area contributed by atoms with E-state index < -0.39 is 0 Å². The van der Waals surface area contributed by atoms with Crippen molar-refractivity contribution in [3.63, 3.8) is 0 Å². The van der Waals surface area contributed by atoms with Gasteiger partial charge in [-0.15, -0.1) is 0 Å². The van der Waals surface area contributed by atoms with Crippen LogP contribution in [0.5, 0.6) is 5.75 Å². The highest BCUT2D eigenvalue weighted by molar-refractivity contribution is 6.30. The Kier molecular flexibility index (Phi) is 6.28. The minimum absolute atomic E-state index is 0.0901. The number of ether oxygens (including phenoxy) is 1. The molecule has 176 valence electrons. The summed E-state index contributed by atoms with van der Waals surface area (Å²) in [7, 11) is 1.65. The van der Waals surface area contributed by atoms with E-state index in [1.54, 1.807) is 36.3 Å². The lowest BCUT2D eigenvalue weighted by molar-refractivity contribution is 0.0730. The van der Waals surface area contributed by atoms with Crippen LogP contribution in [-0.4, -0.2) is 46.2 Å². The van der Waals surface area contributed by atoms with Crippen molar-refractivity contribution in [1.82, 2.24) is 20.0 Å². The van der Waals surface area contributed by atoms with E-state index >= 15 is 0 Å². The molecule has 8 heteroatoms. The largest absolute Gasteiger partial charge is 0.497 e. The number of fused-ring (bicyclic) bond motifs is 1. The summed E-state index contributed by atoms with van der Waals surface area (Å²) in [5, 5.41) is 8.30. The van der Waals surface area contributed by atoms with Crippen molar-refractivity contribution in [2.45, 2.75) is 44.8 Å². The second-order valence-electron chi connectivity index (χ2n) is 8.83. The maximum atomic E-state index is 13.1. The van der Waals surface area contributed by atoms with Crippen LogP contribution in [0, 0.1) is 0 Å². The summed E-state index contributed by atoms with van der Waals surface area (Å²) >= 11 is 6.09. The minimum atomic E-state index is -0.154. The molecule has 0 bridgehead atoms. The highest BCUT2D eigenvalue weighted by Crippen LogP contribution is 2.27. The third-order valence-electron chi connectivity index (χ3n) is 6.39. The first-order valence-electron chi connectivity index (χ1n) is 11.6. The zero-order valence-electron chi connectivity index (χ0n) is 19.1. The lowest BCUT2D eigenvalue weighted by atomic mass is 10.0. The molecule has 2 aliphatic rings. The summed E-state index contributed by atoms with van der Waals surface area (Å²) in [5.41, 5.74) is 4.02. The summed E-state index contributed by atoms with van der Waals surface area (Å²) in [6, 6.07) is 15.2. The number of amides is 2. The van der Waals surface area contributed by atoms with Crippen LogP contribution in [0.1, 0.15) is 50.5 Å². The molecule has 0 unspecified atom stereocenters. The van der Waals surface area contributed by atoms with Crippen LogP contribution in [-0.2, 0) is 25.9 Å². The third-order valence-corrected chi connectivity index (χ3v) is 6.63. The standard InChI is InChI=1S/C26H27ClN4O3/c1-34-21-9-5-17(6-10-21)11-14-31-23-12-13-30(26(33)18-3-2-4-19(27)15-18)16-22(23)24(29-31)25(32)28-20-7-8-20/h2-6,9-10,15,20H,7-8,11-14,16H2,1H3,(H,28,32). The van der Waals surface area contributed by atoms with Crippen LogP contribution in [0.25, 0.3) is 0 Å². The number of nitrogens with zero attached hydrogens (tertiary/aromatic N) is 3. The topological polar surface area (TPSA) is 76.5 Å². The summed E-state index contributed by atoms with van der Waals surface area (Å²) in [5.74, 6) is 0.579. The average Bonchev–Trinajstić information content (AvgIpc) is 3.60. The van der Waals surface area contributed by atoms with Crippen molar-refractivity contribution in [2.75, 3.05) is 13.7 Å². The molecular formula is C26H27ClN4O3. The van der Waals surface area contributed by atoms with Crippen LogP contribution < -0.4 is 10.1 Å². The lowest BCUT2D eigenvalue weighted by Crippen LogP contribution is -2.37. The number of nitrogens with one attached hydrogen (secondary N) is 1. The maximum absolute atomic E-state index is 13.1. The Morgan fingerprint density at radius 2 is 1.97 bits per heavy atom. The number of hydrogen-bond donors (Lipinski definition) is 1. The normalized spacial score (nSPS) is 15.1. The second kappa shape index (κ2) is 9.50. The van der Waals surface area contributed by atoms with E-state index in [1.165, 1.54) is 5.56 Å². The van der Waals surface area contributed by atoms with Crippen molar-refractivity contribution in [3.8, 4) is 5.75 Å². The van der Waals surface area contributed by atoms with E-state index in [9.17, 15) is 9.59 Å². The molecule has 1 N–H and O–H groups in total. The molecule has 5 rings (SSSR count). The molecule has 7 nitrogen and oxygen atoms in total. The van der Waals surface area contributed by atoms with Gasteiger partial charge in [0.15, 0.2) is 5.69 Å². The number of aryl methyl sites for hydroxylation is 2. The fourth-order valence-corrected chi connectivity index (χ4v) is 4.53. The predicted octanol–water partition coefficient (Wildman–Crippen LogP) is 3.88. The molecule has 0 atom stereocenters. The Bertz CT molecular complexity index is 1220. The van der Waals surface area contributed by atoms with Gasteiger partial charge >= 0.3 is 0 Å². The lowest BCUT2D eigenvalue weighted by Gasteiger charge is -2.28. The fourth-order valence-electron chi connectivity index (χ4n) is 4.34. The van der Waals surface area contributed by atoms with E-state index in [1.807, 2.05) is 28.9 Å². The van der Waals surface area contributed by atoms with E-state index in [-0.39, 0.29) is 17.9 Å². The monoisotopic (exact) mass is 478 g/mol. The minimum Gasteiger partial charge on any atom is -0.497 e. The first-order chi connectivity index (χ1) is 16.5. The molecule has 1 aromatic heterocycles. The van der Waals surface area contributed by atoms with E-state index in [0.29, 0.717) is 42.3 Å². The van der Waals surface area contributed by atoms with Crippen LogP contribution in [0.2, 0.25) is 5.02 Å². The molecule has 1 aliphatic heterocycles. The summed E-state index contributed by atoms with van der Waals surface area (Å²) in [4.78, 5) is 27.9. The van der Waals surface area contributed by atoms with Crippen LogP contribution in [0.4, 0.5) is 0 Å². The van der Waals surface area contributed by atoms with Crippen molar-refractivity contribution >= 4 is 23.4 Å². The number of halogens is 1. The zero-order chi connectivity index (χ0) is 23.7. The van der Waals surface area contributed by atoms with Gasteiger partial charge in [0.25, 0.3) is 11.8 Å². The predicted molar refractivity (Wildman–Crippen MR) is 129 cm³/mol. The van der Waals surface area contributed by atoms with Crippen molar-refractivity contribution < 1.29 is 14.3 Å². The highest BCUT2D eigenvalue weighted by atomic mass is 35.5. The van der Waals surface area contributed by atoms with Gasteiger partial charge in [0, 0.05) is 47.4 Å². The van der Waals surface area contributed by atoms with Gasteiger partial charge < -0.3 is 15.0 Å². The van der Waals surface area contributed by atoms with Gasteiger partial charge in [0.2, 0.25) is 0 Å². The molecule has 2 amide bonds. The van der Waals surface area contributed by atoms with E-state index in [2.05, 4.69) is 5.32 Å². The number of carbonyl (C=O) groups excluding carboxylic acids is 2. The fraction of sp³-hybridized carbons (Fsp3) is 0.346. The third kappa shape index (κ3) is 4.80. The number of rotatable bonds is 7. The molecule has 0 spiro atoms. The molecule has 1 saturated carbocycles. The molecule has 0 radical (unpaired) electrons. The molecule has 2 aromatic carbocycles. The van der Waals surface area contributed by atoms with Crippen LogP contribution >= 0.6 is 11.6 Å². The second-order valence-corrected chi connectivity index (χ2v) is 9.27. The van der Waals surface area contributed by atoms with Gasteiger partial charge in [-0.2, -0.15) is 5.10 Å². The summed E-state index contributed by atoms with van der Waals surface area (Å²) in [6.45, 7) is 1.58. The van der Waals surface area contributed by atoms with E-state index in [0.717, 1.165) is 36.3 Å². The summed E-state index contributed by atoms with van der Waals surface area (Å²) in [6.07, 6.45) is 3.44. The van der Waals surface area contributed by atoms with Crippen molar-refractivity contribution in [2.24, 2.45) is 0 Å². The molecule has 34 heavy (non-hydrogen) atoms. The number of carbonyl (C=O) groups is 2. The molecule has 3 aromatic rings. The molecular weight excluding hydrogens is 452 g/mol. The van der Waals surface area contributed by atoms with Crippen LogP contribution in [0.15, 0.2) is 48.5 Å². The molecule has 1 aliphatic carbocycles. The van der Waals surface area contributed by atoms with Gasteiger partial charge in [0.1, 0.15) is 5.75 Å². The Balaban J connectivity index is 1.38. The first kappa shape index (κ1) is 22.5. The van der Waals surface area contributed by atoms with Crippen LogP contribution in [0.3, 0.4) is 0 Å². The van der Waals surface area contributed by atoms with E-state index in [4.69, 9.17) is 21.4 Å².